The fraction of sp³-hybridized carbons (Fsp3) is 0.400. The van der Waals surface area contributed by atoms with Gasteiger partial charge in [0, 0.05) is 36.1 Å². The Morgan fingerprint density at radius 3 is 2.47 bits per heavy atom. The zero-order valence-electron chi connectivity index (χ0n) is 21.6. The molecular weight excluding hydrogens is 501 g/mol. The van der Waals surface area contributed by atoms with Gasteiger partial charge in [-0.3, -0.25) is 4.90 Å². The minimum absolute atomic E-state index is 0.0654. The van der Waals surface area contributed by atoms with Crippen molar-refractivity contribution in [3.05, 3.63) is 59.1 Å². The summed E-state index contributed by atoms with van der Waals surface area (Å²) in [5.41, 5.74) is 0.795. The van der Waals surface area contributed by atoms with Crippen molar-refractivity contribution >= 4 is 39.1 Å². The van der Waals surface area contributed by atoms with Crippen LogP contribution >= 0.6 is 11.6 Å². The largest absolute Gasteiger partial charge is 0.508 e. The third-order valence-corrected chi connectivity index (χ3v) is 9.25. The lowest BCUT2D eigenvalue weighted by Gasteiger charge is -2.46. The summed E-state index contributed by atoms with van der Waals surface area (Å²) in [6.45, 7) is 1.66. The molecule has 1 saturated carbocycles. The standard InChI is InChI=1S/C30H31ClFN5O/c1-36(2)30(10-5-11-30)29-34-27-23(28(35-29)37-15-18-8-9-19(16-37)33-18)14-24(31)25(26(27)32)22-13-20(38)12-17-6-3-4-7-21(17)22/h3-4,6-7,12-14,18-19,33,38H,5,8-11,15-16H2,1-2H3. The van der Waals surface area contributed by atoms with E-state index in [1.165, 1.54) is 0 Å². The van der Waals surface area contributed by atoms with Crippen LogP contribution in [0.1, 0.15) is 37.9 Å². The van der Waals surface area contributed by atoms with Gasteiger partial charge in [0.15, 0.2) is 11.6 Å². The minimum Gasteiger partial charge on any atom is -0.508 e. The SMILES string of the molecule is CN(C)C1(c2nc(N3CC4CCC(C3)N4)c3cc(Cl)c(-c4cc(O)cc5ccccc45)c(F)c3n2)CCC1. The van der Waals surface area contributed by atoms with E-state index in [1.54, 1.807) is 12.1 Å². The van der Waals surface area contributed by atoms with Crippen molar-refractivity contribution in [1.29, 1.82) is 0 Å². The summed E-state index contributed by atoms with van der Waals surface area (Å²) in [5.74, 6) is 1.04. The molecular formula is C30H31ClFN5O. The number of piperazine rings is 1. The quantitative estimate of drug-likeness (QED) is 0.345. The average molecular weight is 532 g/mol. The number of rotatable bonds is 4. The Labute approximate surface area is 226 Å². The van der Waals surface area contributed by atoms with Crippen LogP contribution < -0.4 is 10.2 Å². The molecule has 3 fully saturated rings. The number of hydrogen-bond acceptors (Lipinski definition) is 6. The number of aromatic hydroxyl groups is 1. The van der Waals surface area contributed by atoms with Crippen LogP contribution in [0.2, 0.25) is 5.02 Å². The van der Waals surface area contributed by atoms with Gasteiger partial charge in [-0.1, -0.05) is 35.9 Å². The van der Waals surface area contributed by atoms with E-state index < -0.39 is 5.82 Å². The normalized spacial score (nSPS) is 22.4. The lowest BCUT2D eigenvalue weighted by atomic mass is 9.75. The molecule has 7 rings (SSSR count). The zero-order chi connectivity index (χ0) is 26.2. The van der Waals surface area contributed by atoms with Gasteiger partial charge in [0.05, 0.1) is 10.6 Å². The molecule has 6 nitrogen and oxygen atoms in total. The number of halogens is 2. The number of phenolic OH excluding ortho intramolecular Hbond substituents is 1. The van der Waals surface area contributed by atoms with Gasteiger partial charge in [-0.05, 0) is 80.7 Å². The molecule has 38 heavy (non-hydrogen) atoms. The Hall–Kier alpha value is -3.00. The molecule has 3 heterocycles. The Morgan fingerprint density at radius 1 is 1.05 bits per heavy atom. The van der Waals surface area contributed by atoms with Crippen LogP contribution in [0.4, 0.5) is 10.2 Å². The first-order chi connectivity index (χ1) is 18.3. The van der Waals surface area contributed by atoms with Gasteiger partial charge in [0.1, 0.15) is 17.1 Å². The van der Waals surface area contributed by atoms with E-state index in [-0.39, 0.29) is 27.4 Å². The van der Waals surface area contributed by atoms with Crippen molar-refractivity contribution in [3.63, 3.8) is 0 Å². The molecule has 3 aromatic carbocycles. The lowest BCUT2D eigenvalue weighted by Crippen LogP contribution is -2.52. The molecule has 0 spiro atoms. The van der Waals surface area contributed by atoms with Gasteiger partial charge in [-0.2, -0.15) is 0 Å². The second-order valence-corrected chi connectivity index (χ2v) is 11.8. The molecule has 2 aliphatic heterocycles. The summed E-state index contributed by atoms with van der Waals surface area (Å²) in [5, 5.41) is 16.7. The van der Waals surface area contributed by atoms with Crippen LogP contribution in [0.5, 0.6) is 5.75 Å². The first-order valence-corrected chi connectivity index (χ1v) is 13.8. The molecule has 2 N–H and O–H groups in total. The van der Waals surface area contributed by atoms with Crippen LogP contribution in [0.3, 0.4) is 0 Å². The van der Waals surface area contributed by atoms with E-state index in [0.29, 0.717) is 28.9 Å². The fourth-order valence-electron chi connectivity index (χ4n) is 6.73. The summed E-state index contributed by atoms with van der Waals surface area (Å²) >= 11 is 6.88. The number of phenols is 1. The highest BCUT2D eigenvalue weighted by Gasteiger charge is 2.45. The van der Waals surface area contributed by atoms with Crippen molar-refractivity contribution in [1.82, 2.24) is 20.2 Å². The summed E-state index contributed by atoms with van der Waals surface area (Å²) in [6.07, 6.45) is 5.26. The van der Waals surface area contributed by atoms with Crippen LogP contribution in [0.15, 0.2) is 42.5 Å². The predicted molar refractivity (Wildman–Crippen MR) is 150 cm³/mol. The highest BCUT2D eigenvalue weighted by molar-refractivity contribution is 6.35. The molecule has 3 aliphatic rings. The number of aromatic nitrogens is 2. The van der Waals surface area contributed by atoms with Crippen LogP contribution in [-0.4, -0.2) is 59.2 Å². The van der Waals surface area contributed by atoms with E-state index in [9.17, 15) is 5.11 Å². The molecule has 8 heteroatoms. The van der Waals surface area contributed by atoms with Crippen LogP contribution in [0, 0.1) is 5.82 Å². The van der Waals surface area contributed by atoms with Crippen molar-refractivity contribution in [2.75, 3.05) is 32.1 Å². The topological polar surface area (TPSA) is 64.5 Å². The maximum absolute atomic E-state index is 16.8. The average Bonchev–Trinajstić information content (AvgIpc) is 3.20. The number of nitrogens with zero attached hydrogens (tertiary/aromatic N) is 4. The Bertz CT molecular complexity index is 1570. The summed E-state index contributed by atoms with van der Waals surface area (Å²) < 4.78 is 16.8. The van der Waals surface area contributed by atoms with Gasteiger partial charge in [0.2, 0.25) is 0 Å². The predicted octanol–water partition coefficient (Wildman–Crippen LogP) is 5.83. The second-order valence-electron chi connectivity index (χ2n) is 11.4. The van der Waals surface area contributed by atoms with E-state index in [4.69, 9.17) is 21.6 Å². The maximum Gasteiger partial charge on any atom is 0.158 e. The Balaban J connectivity index is 1.50. The molecule has 1 aliphatic carbocycles. The lowest BCUT2D eigenvalue weighted by molar-refractivity contribution is 0.0488. The first kappa shape index (κ1) is 24.1. The molecule has 1 aromatic heterocycles. The van der Waals surface area contributed by atoms with E-state index in [1.807, 2.05) is 30.3 Å². The molecule has 4 aromatic rings. The molecule has 0 amide bonds. The zero-order valence-corrected chi connectivity index (χ0v) is 22.4. The number of benzene rings is 3. The maximum atomic E-state index is 16.8. The second kappa shape index (κ2) is 8.76. The molecule has 0 radical (unpaired) electrons. The molecule has 2 unspecified atom stereocenters. The summed E-state index contributed by atoms with van der Waals surface area (Å²) in [4.78, 5) is 14.6. The third kappa shape index (κ3) is 3.59. The van der Waals surface area contributed by atoms with Gasteiger partial charge >= 0.3 is 0 Å². The molecule has 2 atom stereocenters. The number of hydrogen-bond donors (Lipinski definition) is 2. The third-order valence-electron chi connectivity index (χ3n) is 8.95. The number of nitrogens with one attached hydrogen (secondary N) is 1. The van der Waals surface area contributed by atoms with Crippen LogP contribution in [0.25, 0.3) is 32.8 Å². The fourth-order valence-corrected chi connectivity index (χ4v) is 7.02. The number of fused-ring (bicyclic) bond motifs is 4. The van der Waals surface area contributed by atoms with E-state index >= 15 is 4.39 Å². The number of anilines is 1. The van der Waals surface area contributed by atoms with E-state index in [0.717, 1.165) is 61.8 Å². The van der Waals surface area contributed by atoms with E-state index in [2.05, 4.69) is 29.2 Å². The highest BCUT2D eigenvalue weighted by atomic mass is 35.5. The monoisotopic (exact) mass is 531 g/mol. The van der Waals surface area contributed by atoms with Crippen LogP contribution in [-0.2, 0) is 5.54 Å². The van der Waals surface area contributed by atoms with Crippen molar-refractivity contribution in [2.24, 2.45) is 0 Å². The minimum atomic E-state index is -0.473. The highest BCUT2D eigenvalue weighted by Crippen LogP contribution is 2.47. The Morgan fingerprint density at radius 2 is 1.79 bits per heavy atom. The van der Waals surface area contributed by atoms with Gasteiger partial charge < -0.3 is 15.3 Å². The van der Waals surface area contributed by atoms with Crippen molar-refractivity contribution in [2.45, 2.75) is 49.7 Å². The van der Waals surface area contributed by atoms with Gasteiger partial charge in [-0.15, -0.1) is 0 Å². The summed E-state index contributed by atoms with van der Waals surface area (Å²) in [7, 11) is 4.11. The molecule has 2 saturated heterocycles. The molecule has 196 valence electrons. The van der Waals surface area contributed by atoms with Gasteiger partial charge in [0.25, 0.3) is 0 Å². The smallest absolute Gasteiger partial charge is 0.158 e. The summed E-state index contributed by atoms with van der Waals surface area (Å²) in [6, 6.07) is 13.5. The van der Waals surface area contributed by atoms with Gasteiger partial charge in [-0.25, -0.2) is 14.4 Å². The van der Waals surface area contributed by atoms with Crippen molar-refractivity contribution in [3.8, 4) is 16.9 Å². The molecule has 2 bridgehead atoms. The first-order valence-electron chi connectivity index (χ1n) is 13.4. The Kier molecular flexibility index (Phi) is 5.55. The van der Waals surface area contributed by atoms with Crippen molar-refractivity contribution < 1.29 is 9.50 Å².